The molecule has 6 heteroatoms. The van der Waals surface area contributed by atoms with Crippen molar-refractivity contribution in [2.45, 2.75) is 25.8 Å². The van der Waals surface area contributed by atoms with Gasteiger partial charge in [-0.2, -0.15) is 0 Å². The summed E-state index contributed by atoms with van der Waals surface area (Å²) in [5, 5.41) is 12.2. The van der Waals surface area contributed by atoms with Gasteiger partial charge in [-0.3, -0.25) is 4.79 Å². The van der Waals surface area contributed by atoms with Crippen molar-refractivity contribution in [3.8, 4) is 11.5 Å². The summed E-state index contributed by atoms with van der Waals surface area (Å²) in [6, 6.07) is 9.30. The number of methoxy groups -OCH3 is 1. The molecule has 2 unspecified atom stereocenters. The standard InChI is InChI=1S/C20H21NO5/c1-11-8-15-16(10-26-17(15)9-12(11)2)19(22)21-18(20(23)24)13-4-6-14(25-3)7-5-13/h4-9,16,18H,10H2,1-3H3,(H,21,22)(H,23,24). The van der Waals surface area contributed by atoms with Gasteiger partial charge in [-0.15, -0.1) is 0 Å². The predicted octanol–water partition coefficient (Wildman–Crippen LogP) is 2.73. The van der Waals surface area contributed by atoms with E-state index in [1.54, 1.807) is 24.3 Å². The summed E-state index contributed by atoms with van der Waals surface area (Å²) in [6.45, 7) is 4.16. The Hall–Kier alpha value is -3.02. The number of hydrogen-bond acceptors (Lipinski definition) is 4. The van der Waals surface area contributed by atoms with Gasteiger partial charge in [0.05, 0.1) is 7.11 Å². The molecule has 1 amide bonds. The molecule has 0 saturated heterocycles. The molecule has 0 saturated carbocycles. The van der Waals surface area contributed by atoms with E-state index in [1.807, 2.05) is 26.0 Å². The van der Waals surface area contributed by atoms with Crippen molar-refractivity contribution >= 4 is 11.9 Å². The lowest BCUT2D eigenvalue weighted by Gasteiger charge is -2.18. The van der Waals surface area contributed by atoms with E-state index in [1.165, 1.54) is 7.11 Å². The lowest BCUT2D eigenvalue weighted by Crippen LogP contribution is -2.37. The van der Waals surface area contributed by atoms with Crippen LogP contribution in [0.3, 0.4) is 0 Å². The number of carboxylic acids is 1. The first-order valence-electron chi connectivity index (χ1n) is 8.31. The van der Waals surface area contributed by atoms with Gasteiger partial charge in [0.25, 0.3) is 0 Å². The molecule has 2 aromatic rings. The number of aryl methyl sites for hydroxylation is 2. The molecule has 2 N–H and O–H groups in total. The molecule has 1 aliphatic heterocycles. The zero-order valence-electron chi connectivity index (χ0n) is 14.9. The Labute approximate surface area is 151 Å². The maximum Gasteiger partial charge on any atom is 0.330 e. The highest BCUT2D eigenvalue weighted by molar-refractivity contribution is 5.90. The van der Waals surface area contributed by atoms with E-state index in [0.717, 1.165) is 16.7 Å². The zero-order valence-corrected chi connectivity index (χ0v) is 14.9. The number of amides is 1. The second-order valence-electron chi connectivity index (χ2n) is 6.39. The zero-order chi connectivity index (χ0) is 18.8. The molecule has 1 aliphatic rings. The van der Waals surface area contributed by atoms with E-state index in [-0.39, 0.29) is 12.5 Å². The SMILES string of the molecule is COc1ccc(C(NC(=O)C2COc3cc(C)c(C)cc32)C(=O)O)cc1. The fourth-order valence-corrected chi connectivity index (χ4v) is 3.02. The third kappa shape index (κ3) is 3.35. The molecule has 2 atom stereocenters. The minimum absolute atomic E-state index is 0.207. The molecule has 0 radical (unpaired) electrons. The van der Waals surface area contributed by atoms with E-state index >= 15 is 0 Å². The Kier molecular flexibility index (Phi) is 4.84. The number of carbonyl (C=O) groups excluding carboxylic acids is 1. The maximum atomic E-state index is 12.7. The summed E-state index contributed by atoms with van der Waals surface area (Å²) in [6.07, 6.45) is 0. The van der Waals surface area contributed by atoms with Gasteiger partial charge in [-0.1, -0.05) is 18.2 Å². The Morgan fingerprint density at radius 3 is 2.46 bits per heavy atom. The predicted molar refractivity (Wildman–Crippen MR) is 95.7 cm³/mol. The van der Waals surface area contributed by atoms with Gasteiger partial charge in [-0.05, 0) is 48.7 Å². The summed E-state index contributed by atoms with van der Waals surface area (Å²) in [5.74, 6) is -0.708. The van der Waals surface area contributed by atoms with Crippen molar-refractivity contribution in [2.75, 3.05) is 13.7 Å². The molecule has 3 rings (SSSR count). The van der Waals surface area contributed by atoms with Crippen LogP contribution in [0.5, 0.6) is 11.5 Å². The van der Waals surface area contributed by atoms with Gasteiger partial charge in [-0.25, -0.2) is 4.79 Å². The fraction of sp³-hybridized carbons (Fsp3) is 0.300. The average molecular weight is 355 g/mol. The van der Waals surface area contributed by atoms with Crippen molar-refractivity contribution < 1.29 is 24.2 Å². The van der Waals surface area contributed by atoms with Gasteiger partial charge in [0.15, 0.2) is 6.04 Å². The number of carbonyl (C=O) groups is 2. The van der Waals surface area contributed by atoms with Crippen molar-refractivity contribution in [2.24, 2.45) is 0 Å². The third-order valence-corrected chi connectivity index (χ3v) is 4.71. The minimum Gasteiger partial charge on any atom is -0.497 e. The Morgan fingerprint density at radius 1 is 1.19 bits per heavy atom. The Bertz CT molecular complexity index is 844. The topological polar surface area (TPSA) is 84.9 Å². The van der Waals surface area contributed by atoms with Gasteiger partial charge in [0.1, 0.15) is 24.0 Å². The highest BCUT2D eigenvalue weighted by atomic mass is 16.5. The molecule has 0 spiro atoms. The van der Waals surface area contributed by atoms with Crippen molar-refractivity contribution in [1.29, 1.82) is 0 Å². The normalized spacial score (nSPS) is 16.3. The van der Waals surface area contributed by atoms with Gasteiger partial charge in [0, 0.05) is 5.56 Å². The molecular formula is C20H21NO5. The second kappa shape index (κ2) is 7.07. The van der Waals surface area contributed by atoms with Crippen LogP contribution in [0.15, 0.2) is 36.4 Å². The molecule has 0 aromatic heterocycles. The summed E-state index contributed by atoms with van der Waals surface area (Å²) in [4.78, 5) is 24.4. The van der Waals surface area contributed by atoms with Gasteiger partial charge in [0.2, 0.25) is 5.91 Å². The summed E-state index contributed by atoms with van der Waals surface area (Å²) >= 11 is 0. The second-order valence-corrected chi connectivity index (χ2v) is 6.39. The number of fused-ring (bicyclic) bond motifs is 1. The number of ether oxygens (including phenoxy) is 2. The summed E-state index contributed by atoms with van der Waals surface area (Å²) < 4.78 is 10.7. The van der Waals surface area contributed by atoms with Crippen LogP contribution in [-0.4, -0.2) is 30.7 Å². The van der Waals surface area contributed by atoms with Crippen molar-refractivity contribution in [1.82, 2.24) is 5.32 Å². The molecular weight excluding hydrogens is 334 g/mol. The average Bonchev–Trinajstić information content (AvgIpc) is 3.02. The monoisotopic (exact) mass is 355 g/mol. The highest BCUT2D eigenvalue weighted by Crippen LogP contribution is 2.36. The van der Waals surface area contributed by atoms with E-state index in [9.17, 15) is 14.7 Å². The molecule has 26 heavy (non-hydrogen) atoms. The molecule has 0 aliphatic carbocycles. The first-order valence-corrected chi connectivity index (χ1v) is 8.31. The largest absolute Gasteiger partial charge is 0.497 e. The van der Waals surface area contributed by atoms with E-state index in [4.69, 9.17) is 9.47 Å². The lowest BCUT2D eigenvalue weighted by atomic mass is 9.95. The van der Waals surface area contributed by atoms with E-state index in [2.05, 4.69) is 5.32 Å². The van der Waals surface area contributed by atoms with Crippen LogP contribution < -0.4 is 14.8 Å². The molecule has 136 valence electrons. The van der Waals surface area contributed by atoms with Crippen molar-refractivity contribution in [3.05, 3.63) is 58.7 Å². The maximum absolute atomic E-state index is 12.7. The smallest absolute Gasteiger partial charge is 0.330 e. The van der Waals surface area contributed by atoms with Crippen LogP contribution >= 0.6 is 0 Å². The quantitative estimate of drug-likeness (QED) is 0.861. The van der Waals surface area contributed by atoms with Crippen LogP contribution in [-0.2, 0) is 9.59 Å². The Balaban J connectivity index is 1.82. The highest BCUT2D eigenvalue weighted by Gasteiger charge is 2.33. The first kappa shape index (κ1) is 17.8. The van der Waals surface area contributed by atoms with Crippen LogP contribution in [0.25, 0.3) is 0 Å². The third-order valence-electron chi connectivity index (χ3n) is 4.71. The number of nitrogens with one attached hydrogen (secondary N) is 1. The van der Waals surface area contributed by atoms with Crippen molar-refractivity contribution in [3.63, 3.8) is 0 Å². The van der Waals surface area contributed by atoms with E-state index in [0.29, 0.717) is 17.1 Å². The van der Waals surface area contributed by atoms with E-state index < -0.39 is 17.9 Å². The number of hydrogen-bond donors (Lipinski definition) is 2. The van der Waals surface area contributed by atoms with Gasteiger partial charge >= 0.3 is 5.97 Å². The first-order chi connectivity index (χ1) is 12.4. The lowest BCUT2D eigenvalue weighted by molar-refractivity contribution is -0.142. The molecule has 0 fully saturated rings. The van der Waals surface area contributed by atoms with Crippen LogP contribution in [0.1, 0.15) is 34.2 Å². The molecule has 2 aromatic carbocycles. The number of benzene rings is 2. The minimum atomic E-state index is -1.14. The summed E-state index contributed by atoms with van der Waals surface area (Å²) in [5.41, 5.74) is 3.43. The molecule has 1 heterocycles. The molecule has 6 nitrogen and oxygen atoms in total. The van der Waals surface area contributed by atoms with Crippen LogP contribution in [0.2, 0.25) is 0 Å². The van der Waals surface area contributed by atoms with Gasteiger partial charge < -0.3 is 19.9 Å². The number of rotatable bonds is 5. The van der Waals surface area contributed by atoms with Crippen LogP contribution in [0, 0.1) is 13.8 Å². The Morgan fingerprint density at radius 2 is 1.85 bits per heavy atom. The summed E-state index contributed by atoms with van der Waals surface area (Å²) in [7, 11) is 1.53. The fourth-order valence-electron chi connectivity index (χ4n) is 3.02. The molecule has 0 bridgehead atoms. The number of carboxylic acid groups (broad SMARTS) is 1. The number of aliphatic carboxylic acids is 1. The van der Waals surface area contributed by atoms with Crippen LogP contribution in [0.4, 0.5) is 0 Å².